The first-order valence-corrected chi connectivity index (χ1v) is 6.80. The smallest absolute Gasteiger partial charge is 0.342 e. The molecule has 0 heterocycles. The van der Waals surface area contributed by atoms with Crippen molar-refractivity contribution in [2.45, 2.75) is 6.92 Å². The summed E-state index contributed by atoms with van der Waals surface area (Å²) in [7, 11) is 1.12. The Balaban J connectivity index is 3.32. The van der Waals surface area contributed by atoms with Gasteiger partial charge < -0.3 is 15.2 Å². The fourth-order valence-corrected chi connectivity index (χ4v) is 2.23. The second kappa shape index (κ2) is 7.49. The van der Waals surface area contributed by atoms with E-state index in [0.29, 0.717) is 0 Å². The lowest BCUT2D eigenvalue weighted by atomic mass is 10.1. The summed E-state index contributed by atoms with van der Waals surface area (Å²) in [6, 6.07) is 1.27. The van der Waals surface area contributed by atoms with E-state index in [0.717, 1.165) is 13.3 Å². The quantitative estimate of drug-likeness (QED) is 0.273. The van der Waals surface area contributed by atoms with Crippen molar-refractivity contribution in [2.24, 2.45) is 0 Å². The number of nitrogens with one attached hydrogen (secondary N) is 1. The van der Waals surface area contributed by atoms with Crippen LogP contribution in [-0.2, 0) is 14.3 Å². The highest BCUT2D eigenvalue weighted by molar-refractivity contribution is 6.47. The van der Waals surface area contributed by atoms with E-state index in [9.17, 15) is 14.4 Å². The Bertz CT molecular complexity index is 685. The number of rotatable bonds is 5. The van der Waals surface area contributed by atoms with Crippen LogP contribution in [0.15, 0.2) is 17.8 Å². The highest BCUT2D eigenvalue weighted by Gasteiger charge is 2.21. The third kappa shape index (κ3) is 3.91. The van der Waals surface area contributed by atoms with Crippen LogP contribution in [0.4, 0.5) is 5.69 Å². The van der Waals surface area contributed by atoms with E-state index in [-0.39, 0.29) is 26.3 Å². The Kier molecular flexibility index (Phi) is 6.22. The zero-order valence-corrected chi connectivity index (χ0v) is 13.6. The van der Waals surface area contributed by atoms with Gasteiger partial charge in [0, 0.05) is 6.20 Å². The Hall–Kier alpha value is -1.76. The van der Waals surface area contributed by atoms with Crippen LogP contribution in [0.1, 0.15) is 17.3 Å². The minimum Gasteiger partial charge on any atom is -0.478 e. The zero-order valence-electron chi connectivity index (χ0n) is 11.4. The minimum atomic E-state index is -1.37. The first-order chi connectivity index (χ1) is 10.2. The normalized spacial score (nSPS) is 11.0. The molecule has 0 saturated heterocycles. The molecule has 1 aromatic rings. The van der Waals surface area contributed by atoms with Gasteiger partial charge in [0.05, 0.1) is 27.9 Å². The number of hydrogen-bond donors (Lipinski definition) is 2. The first kappa shape index (κ1) is 18.3. The number of benzene rings is 1. The van der Waals surface area contributed by atoms with Crippen LogP contribution < -0.4 is 5.32 Å². The van der Waals surface area contributed by atoms with Crippen molar-refractivity contribution < 1.29 is 24.2 Å². The van der Waals surface area contributed by atoms with Crippen molar-refractivity contribution in [3.63, 3.8) is 0 Å². The van der Waals surface area contributed by atoms with Gasteiger partial charge in [0.25, 0.3) is 0 Å². The molecule has 0 aliphatic carbocycles. The fraction of sp³-hybridized carbons (Fsp3) is 0.154. The van der Waals surface area contributed by atoms with Gasteiger partial charge >= 0.3 is 11.9 Å². The number of aromatic carboxylic acids is 1. The number of methoxy groups -OCH3 is 1. The highest BCUT2D eigenvalue weighted by Crippen LogP contribution is 2.37. The number of halogens is 3. The van der Waals surface area contributed by atoms with Gasteiger partial charge in [-0.15, -0.1) is 0 Å². The maximum atomic E-state index is 11.4. The molecule has 0 radical (unpaired) electrons. The largest absolute Gasteiger partial charge is 0.478 e. The summed E-state index contributed by atoms with van der Waals surface area (Å²) in [6.45, 7) is 1.17. The highest BCUT2D eigenvalue weighted by atomic mass is 35.5. The molecule has 1 rings (SSSR count). The molecule has 0 saturated carbocycles. The summed E-state index contributed by atoms with van der Waals surface area (Å²) in [4.78, 5) is 33.9. The first-order valence-electron chi connectivity index (χ1n) is 5.67. The molecule has 0 fully saturated rings. The van der Waals surface area contributed by atoms with Gasteiger partial charge in [0.2, 0.25) is 0 Å². The van der Waals surface area contributed by atoms with E-state index < -0.39 is 23.3 Å². The maximum absolute atomic E-state index is 11.4. The third-order valence-electron chi connectivity index (χ3n) is 2.53. The Morgan fingerprint density at radius 2 is 1.82 bits per heavy atom. The molecule has 9 heteroatoms. The summed E-state index contributed by atoms with van der Waals surface area (Å²) < 4.78 is 4.45. The predicted octanol–water partition coefficient (Wildman–Crippen LogP) is 3.40. The van der Waals surface area contributed by atoms with Gasteiger partial charge in [0.15, 0.2) is 5.78 Å². The fourth-order valence-electron chi connectivity index (χ4n) is 1.46. The summed E-state index contributed by atoms with van der Waals surface area (Å²) in [5.41, 5.74) is -0.605. The van der Waals surface area contributed by atoms with Crippen molar-refractivity contribution in [1.29, 1.82) is 0 Å². The molecule has 22 heavy (non-hydrogen) atoms. The molecular formula is C13H10Cl3NO5. The predicted molar refractivity (Wildman–Crippen MR) is 82.8 cm³/mol. The molecule has 118 valence electrons. The lowest BCUT2D eigenvalue weighted by molar-refractivity contribution is -0.137. The number of Topliss-reactive ketones (excluding diaryl/α,β-unsaturated/α-hetero) is 1. The molecule has 0 atom stereocenters. The average molecular weight is 367 g/mol. The number of hydrogen-bond acceptors (Lipinski definition) is 5. The monoisotopic (exact) mass is 365 g/mol. The number of ether oxygens (including phenoxy) is 1. The third-order valence-corrected chi connectivity index (χ3v) is 3.71. The van der Waals surface area contributed by atoms with E-state index >= 15 is 0 Å². The average Bonchev–Trinajstić information content (AvgIpc) is 2.43. The molecule has 1 aromatic carbocycles. The van der Waals surface area contributed by atoms with E-state index in [4.69, 9.17) is 39.9 Å². The van der Waals surface area contributed by atoms with Crippen LogP contribution in [-0.4, -0.2) is 29.9 Å². The molecule has 0 unspecified atom stereocenters. The zero-order chi connectivity index (χ0) is 17.0. The standard InChI is InChI=1S/C13H10Cl3NO5/c1-5(18)6(13(21)22-2)4-17-8-3-7(14)10(15)9(11(8)16)12(19)20/h3-4,17H,1-2H3,(H,19,20). The van der Waals surface area contributed by atoms with Crippen molar-refractivity contribution >= 4 is 58.2 Å². The van der Waals surface area contributed by atoms with Crippen LogP contribution in [0.5, 0.6) is 0 Å². The topological polar surface area (TPSA) is 92.7 Å². The van der Waals surface area contributed by atoms with Gasteiger partial charge in [-0.2, -0.15) is 0 Å². The second-order valence-electron chi connectivity index (χ2n) is 3.96. The van der Waals surface area contributed by atoms with Crippen LogP contribution in [0.3, 0.4) is 0 Å². The number of carboxylic acid groups (broad SMARTS) is 1. The van der Waals surface area contributed by atoms with E-state index in [2.05, 4.69) is 10.1 Å². The van der Waals surface area contributed by atoms with Gasteiger partial charge in [0.1, 0.15) is 11.1 Å². The number of carboxylic acids is 1. The van der Waals surface area contributed by atoms with Crippen LogP contribution in [0.25, 0.3) is 0 Å². The maximum Gasteiger partial charge on any atom is 0.342 e. The molecule has 0 amide bonds. The second-order valence-corrected chi connectivity index (χ2v) is 5.13. The van der Waals surface area contributed by atoms with Crippen LogP contribution in [0.2, 0.25) is 15.1 Å². The number of carbonyl (C=O) groups is 3. The van der Waals surface area contributed by atoms with Crippen molar-refractivity contribution in [2.75, 3.05) is 12.4 Å². The molecule has 6 nitrogen and oxygen atoms in total. The summed E-state index contributed by atoms with van der Waals surface area (Å²) in [5.74, 6) is -2.77. The van der Waals surface area contributed by atoms with E-state index in [1.54, 1.807) is 0 Å². The van der Waals surface area contributed by atoms with Gasteiger partial charge in [-0.3, -0.25) is 4.79 Å². The SMILES string of the molecule is COC(=O)C(=CNc1cc(Cl)c(Cl)c(C(=O)O)c1Cl)C(C)=O. The molecule has 2 N–H and O–H groups in total. The van der Waals surface area contributed by atoms with Gasteiger partial charge in [-0.05, 0) is 13.0 Å². The Morgan fingerprint density at radius 1 is 1.23 bits per heavy atom. The molecule has 0 spiro atoms. The van der Waals surface area contributed by atoms with Gasteiger partial charge in [-0.1, -0.05) is 34.8 Å². The lowest BCUT2D eigenvalue weighted by Crippen LogP contribution is -2.13. The van der Waals surface area contributed by atoms with Gasteiger partial charge in [-0.25, -0.2) is 9.59 Å². The van der Waals surface area contributed by atoms with Crippen molar-refractivity contribution in [1.82, 2.24) is 0 Å². The lowest BCUT2D eigenvalue weighted by Gasteiger charge is -2.11. The van der Waals surface area contributed by atoms with Crippen molar-refractivity contribution in [3.05, 3.63) is 38.5 Å². The molecular weight excluding hydrogens is 357 g/mol. The minimum absolute atomic E-state index is 0.0539. The van der Waals surface area contributed by atoms with E-state index in [1.807, 2.05) is 0 Å². The molecule has 0 aromatic heterocycles. The van der Waals surface area contributed by atoms with Crippen molar-refractivity contribution in [3.8, 4) is 0 Å². The Morgan fingerprint density at radius 3 is 2.27 bits per heavy atom. The molecule has 0 bridgehead atoms. The number of anilines is 1. The summed E-state index contributed by atoms with van der Waals surface area (Å²) in [6.07, 6.45) is 1.05. The molecule has 0 aliphatic rings. The van der Waals surface area contributed by atoms with Crippen LogP contribution in [0, 0.1) is 0 Å². The summed E-state index contributed by atoms with van der Waals surface area (Å²) >= 11 is 17.6. The number of carbonyl (C=O) groups excluding carboxylic acids is 2. The number of ketones is 1. The van der Waals surface area contributed by atoms with Crippen LogP contribution >= 0.6 is 34.8 Å². The molecule has 0 aliphatic heterocycles. The summed E-state index contributed by atoms with van der Waals surface area (Å²) in [5, 5.41) is 11.2. The van der Waals surface area contributed by atoms with E-state index in [1.165, 1.54) is 13.0 Å². The Labute approximate surface area is 140 Å². The number of esters is 1.